The molecule has 142 valence electrons. The van der Waals surface area contributed by atoms with Crippen LogP contribution < -0.4 is 9.46 Å². The second-order valence-electron chi connectivity index (χ2n) is 6.72. The Hall–Kier alpha value is -1.93. The van der Waals surface area contributed by atoms with E-state index in [4.69, 9.17) is 4.74 Å². The van der Waals surface area contributed by atoms with Crippen LogP contribution in [0.2, 0.25) is 0 Å². The minimum atomic E-state index is -3.50. The number of aryl methyl sites for hydroxylation is 1. The zero-order valence-corrected chi connectivity index (χ0v) is 15.9. The average molecular weight is 378 g/mol. The van der Waals surface area contributed by atoms with E-state index in [0.29, 0.717) is 11.6 Å². The Morgan fingerprint density at radius 3 is 2.38 bits per heavy atom. The predicted octanol–water partition coefficient (Wildman–Crippen LogP) is 2.79. The molecule has 1 aliphatic rings. The first kappa shape index (κ1) is 18.8. The van der Waals surface area contributed by atoms with Crippen molar-refractivity contribution in [2.24, 2.45) is 7.05 Å². The number of ether oxygens (including phenoxy) is 1. The highest BCUT2D eigenvalue weighted by Gasteiger charge is 2.20. The smallest absolute Gasteiger partial charge is 0.240 e. The largest absolute Gasteiger partial charge is 0.486 e. The van der Waals surface area contributed by atoms with Gasteiger partial charge in [0.2, 0.25) is 10.0 Å². The van der Waals surface area contributed by atoms with Gasteiger partial charge >= 0.3 is 0 Å². The highest BCUT2D eigenvalue weighted by Crippen LogP contribution is 2.21. The van der Waals surface area contributed by atoms with Crippen molar-refractivity contribution in [1.82, 2.24) is 19.5 Å². The number of hydrogen-bond donors (Lipinski definition) is 1. The third-order valence-corrected chi connectivity index (χ3v) is 6.27. The average Bonchev–Trinajstić information content (AvgIpc) is 3.01. The van der Waals surface area contributed by atoms with Crippen molar-refractivity contribution in [3.8, 4) is 5.75 Å². The van der Waals surface area contributed by atoms with Crippen molar-refractivity contribution in [3.63, 3.8) is 0 Å². The predicted molar refractivity (Wildman–Crippen MR) is 98.2 cm³/mol. The highest BCUT2D eigenvalue weighted by molar-refractivity contribution is 7.89. The standard InChI is InChI=1S/C18H26N4O3S/c1-22-18(19-14-20-22)13-25-16-9-11-17(12-10-16)26(23,24)21-15-7-5-3-2-4-6-8-15/h9-12,14-15,21H,2-8,13H2,1H3. The number of nitrogens with zero attached hydrogens (tertiary/aromatic N) is 3. The third kappa shape index (κ3) is 5.04. The fourth-order valence-electron chi connectivity index (χ4n) is 3.18. The fraction of sp³-hybridized carbons (Fsp3) is 0.556. The number of sulfonamides is 1. The molecule has 2 aromatic rings. The van der Waals surface area contributed by atoms with Crippen LogP contribution in [0.3, 0.4) is 0 Å². The van der Waals surface area contributed by atoms with Crippen LogP contribution in [0.15, 0.2) is 35.5 Å². The Bertz CT molecular complexity index is 794. The molecule has 1 aliphatic carbocycles. The van der Waals surface area contributed by atoms with Gasteiger partial charge in [0.1, 0.15) is 18.7 Å². The van der Waals surface area contributed by atoms with Crippen LogP contribution in [0, 0.1) is 0 Å². The van der Waals surface area contributed by atoms with Crippen LogP contribution in [0.5, 0.6) is 5.75 Å². The van der Waals surface area contributed by atoms with Crippen LogP contribution in [-0.2, 0) is 23.7 Å². The third-order valence-electron chi connectivity index (χ3n) is 4.73. The van der Waals surface area contributed by atoms with E-state index in [2.05, 4.69) is 14.8 Å². The lowest BCUT2D eigenvalue weighted by Crippen LogP contribution is -2.35. The van der Waals surface area contributed by atoms with E-state index in [0.717, 1.165) is 25.7 Å². The first-order valence-electron chi connectivity index (χ1n) is 9.13. The SMILES string of the molecule is Cn1ncnc1COc1ccc(S(=O)(=O)NC2CCCCCCC2)cc1. The summed E-state index contributed by atoms with van der Waals surface area (Å²) in [6, 6.07) is 6.54. The summed E-state index contributed by atoms with van der Waals surface area (Å²) in [7, 11) is -1.71. The van der Waals surface area contributed by atoms with E-state index in [9.17, 15) is 8.42 Å². The van der Waals surface area contributed by atoms with Crippen molar-refractivity contribution in [2.45, 2.75) is 62.5 Å². The summed E-state index contributed by atoms with van der Waals surface area (Å²) in [6.45, 7) is 0.281. The maximum absolute atomic E-state index is 12.6. The van der Waals surface area contributed by atoms with Gasteiger partial charge in [0.05, 0.1) is 4.90 Å². The van der Waals surface area contributed by atoms with Crippen molar-refractivity contribution < 1.29 is 13.2 Å². The monoisotopic (exact) mass is 378 g/mol. The fourth-order valence-corrected chi connectivity index (χ4v) is 4.48. The van der Waals surface area contributed by atoms with E-state index < -0.39 is 10.0 Å². The molecule has 1 saturated carbocycles. The van der Waals surface area contributed by atoms with E-state index in [-0.39, 0.29) is 17.5 Å². The molecule has 8 heteroatoms. The molecule has 0 amide bonds. The molecule has 0 radical (unpaired) electrons. The van der Waals surface area contributed by atoms with Crippen LogP contribution in [-0.4, -0.2) is 29.2 Å². The molecule has 1 heterocycles. The summed E-state index contributed by atoms with van der Waals surface area (Å²) in [6.07, 6.45) is 9.11. The highest BCUT2D eigenvalue weighted by atomic mass is 32.2. The van der Waals surface area contributed by atoms with Crippen molar-refractivity contribution in [1.29, 1.82) is 0 Å². The number of rotatable bonds is 6. The molecule has 7 nitrogen and oxygen atoms in total. The number of nitrogens with one attached hydrogen (secondary N) is 1. The van der Waals surface area contributed by atoms with Gasteiger partial charge in [-0.2, -0.15) is 5.10 Å². The lowest BCUT2D eigenvalue weighted by Gasteiger charge is -2.21. The maximum atomic E-state index is 12.6. The Labute approximate surface area is 154 Å². The van der Waals surface area contributed by atoms with E-state index in [1.807, 2.05) is 0 Å². The molecule has 0 bridgehead atoms. The minimum Gasteiger partial charge on any atom is -0.486 e. The molecule has 0 saturated heterocycles. The lowest BCUT2D eigenvalue weighted by atomic mass is 9.97. The van der Waals surface area contributed by atoms with Crippen LogP contribution in [0.25, 0.3) is 0 Å². The quantitative estimate of drug-likeness (QED) is 0.835. The van der Waals surface area contributed by atoms with Crippen molar-refractivity contribution >= 4 is 10.0 Å². The molecule has 0 aliphatic heterocycles. The van der Waals surface area contributed by atoms with Gasteiger partial charge in [0.15, 0.2) is 5.82 Å². The van der Waals surface area contributed by atoms with Gasteiger partial charge in [-0.05, 0) is 37.1 Å². The molecule has 1 N–H and O–H groups in total. The van der Waals surface area contributed by atoms with Gasteiger partial charge in [-0.25, -0.2) is 18.1 Å². The van der Waals surface area contributed by atoms with Crippen LogP contribution in [0.1, 0.15) is 50.8 Å². The molecule has 1 aromatic carbocycles. The summed E-state index contributed by atoms with van der Waals surface area (Å²) in [5.41, 5.74) is 0. The second-order valence-corrected chi connectivity index (χ2v) is 8.44. The minimum absolute atomic E-state index is 0.0344. The summed E-state index contributed by atoms with van der Waals surface area (Å²) in [4.78, 5) is 4.36. The summed E-state index contributed by atoms with van der Waals surface area (Å²) in [5, 5.41) is 3.98. The van der Waals surface area contributed by atoms with E-state index >= 15 is 0 Å². The summed E-state index contributed by atoms with van der Waals surface area (Å²) < 4.78 is 35.4. The van der Waals surface area contributed by atoms with Crippen molar-refractivity contribution in [2.75, 3.05) is 0 Å². The zero-order chi connectivity index (χ0) is 18.4. The van der Waals surface area contributed by atoms with Gasteiger partial charge in [-0.3, -0.25) is 4.68 Å². The Kier molecular flexibility index (Phi) is 6.26. The number of hydrogen-bond acceptors (Lipinski definition) is 5. The molecule has 0 atom stereocenters. The number of aromatic nitrogens is 3. The van der Waals surface area contributed by atoms with Gasteiger partial charge < -0.3 is 4.74 Å². The van der Waals surface area contributed by atoms with Crippen LogP contribution in [0.4, 0.5) is 0 Å². The van der Waals surface area contributed by atoms with Crippen LogP contribution >= 0.6 is 0 Å². The number of benzene rings is 1. The summed E-state index contributed by atoms with van der Waals surface area (Å²) >= 11 is 0. The molecular formula is C18H26N4O3S. The molecule has 1 aromatic heterocycles. The normalized spacial score (nSPS) is 16.8. The van der Waals surface area contributed by atoms with Crippen molar-refractivity contribution in [3.05, 3.63) is 36.4 Å². The van der Waals surface area contributed by atoms with Gasteiger partial charge in [-0.1, -0.05) is 32.1 Å². The van der Waals surface area contributed by atoms with E-state index in [1.54, 1.807) is 36.0 Å². The topological polar surface area (TPSA) is 86.1 Å². The molecule has 3 rings (SSSR count). The lowest BCUT2D eigenvalue weighted by molar-refractivity contribution is 0.289. The first-order valence-corrected chi connectivity index (χ1v) is 10.6. The van der Waals surface area contributed by atoms with Gasteiger partial charge in [0.25, 0.3) is 0 Å². The maximum Gasteiger partial charge on any atom is 0.240 e. The second kappa shape index (κ2) is 8.64. The Morgan fingerprint density at radius 1 is 1.12 bits per heavy atom. The van der Waals surface area contributed by atoms with Gasteiger partial charge in [0, 0.05) is 13.1 Å². The first-order chi connectivity index (χ1) is 12.5. The van der Waals surface area contributed by atoms with Gasteiger partial charge in [-0.15, -0.1) is 0 Å². The summed E-state index contributed by atoms with van der Waals surface area (Å²) in [5.74, 6) is 1.30. The molecule has 1 fully saturated rings. The Morgan fingerprint density at radius 2 is 1.77 bits per heavy atom. The molecule has 0 unspecified atom stereocenters. The molecule has 0 spiro atoms. The molecular weight excluding hydrogens is 352 g/mol. The van der Waals surface area contributed by atoms with E-state index in [1.165, 1.54) is 25.6 Å². The molecule has 26 heavy (non-hydrogen) atoms. The zero-order valence-electron chi connectivity index (χ0n) is 15.1. The Balaban J connectivity index is 1.60.